The van der Waals surface area contributed by atoms with Crippen LogP contribution >= 0.6 is 0 Å². The highest BCUT2D eigenvalue weighted by Crippen LogP contribution is 2.52. The first-order chi connectivity index (χ1) is 14.9. The lowest BCUT2D eigenvalue weighted by Gasteiger charge is -2.33. The number of rotatable bonds is 1. The maximum atomic E-state index is 13.9. The Balaban J connectivity index is 1.56. The van der Waals surface area contributed by atoms with Crippen LogP contribution in [0.4, 0.5) is 11.4 Å². The highest BCUT2D eigenvalue weighted by Gasteiger charge is 2.78. The van der Waals surface area contributed by atoms with Crippen molar-refractivity contribution in [3.05, 3.63) is 58.7 Å². The molecule has 6 nitrogen and oxygen atoms in total. The van der Waals surface area contributed by atoms with E-state index in [0.29, 0.717) is 5.69 Å². The van der Waals surface area contributed by atoms with E-state index in [4.69, 9.17) is 0 Å². The van der Waals surface area contributed by atoms with Gasteiger partial charge in [-0.3, -0.25) is 14.4 Å². The van der Waals surface area contributed by atoms with Gasteiger partial charge in [-0.15, -0.1) is 0 Å². The van der Waals surface area contributed by atoms with Crippen molar-refractivity contribution in [3.8, 4) is 0 Å². The highest BCUT2D eigenvalue weighted by molar-refractivity contribution is 6.25. The van der Waals surface area contributed by atoms with Crippen molar-refractivity contribution >= 4 is 29.1 Å². The molecule has 158 valence electrons. The van der Waals surface area contributed by atoms with E-state index in [0.717, 1.165) is 52.2 Å². The number of nitrogens with zero attached hydrogens (tertiary/aromatic N) is 1. The zero-order chi connectivity index (χ0) is 21.7. The van der Waals surface area contributed by atoms with E-state index < -0.39 is 17.4 Å². The lowest BCUT2D eigenvalue weighted by molar-refractivity contribution is -0.948. The largest absolute Gasteiger partial charge is 0.320 e. The molecular formula is C25H26N3O3+. The topological polar surface area (TPSA) is 70.9 Å². The third-order valence-corrected chi connectivity index (χ3v) is 8.12. The quantitative estimate of drug-likeness (QED) is 0.695. The van der Waals surface area contributed by atoms with Gasteiger partial charge >= 0.3 is 0 Å². The van der Waals surface area contributed by atoms with Crippen molar-refractivity contribution in [2.75, 3.05) is 16.8 Å². The Kier molecular flexibility index (Phi) is 3.65. The first-order valence-corrected chi connectivity index (χ1v) is 11.1. The van der Waals surface area contributed by atoms with Gasteiger partial charge in [0.2, 0.25) is 17.4 Å². The Hall–Kier alpha value is -2.99. The molecule has 0 radical (unpaired) electrons. The van der Waals surface area contributed by atoms with Crippen LogP contribution in [0.3, 0.4) is 0 Å². The molecule has 2 N–H and O–H groups in total. The molecule has 6 heteroatoms. The summed E-state index contributed by atoms with van der Waals surface area (Å²) in [5.41, 5.74) is 4.47. The van der Waals surface area contributed by atoms with Crippen molar-refractivity contribution < 1.29 is 19.3 Å². The fraction of sp³-hybridized carbons (Fsp3) is 0.400. The number of carbonyl (C=O) groups is 3. The van der Waals surface area contributed by atoms with Crippen LogP contribution in [-0.4, -0.2) is 30.3 Å². The summed E-state index contributed by atoms with van der Waals surface area (Å²) in [7, 11) is 0. The summed E-state index contributed by atoms with van der Waals surface area (Å²) in [5, 5.41) is 3.05. The van der Waals surface area contributed by atoms with Crippen molar-refractivity contribution in [1.82, 2.24) is 0 Å². The summed E-state index contributed by atoms with van der Waals surface area (Å²) < 4.78 is 0. The Bertz CT molecular complexity index is 1190. The van der Waals surface area contributed by atoms with Crippen LogP contribution < -0.4 is 15.1 Å². The van der Waals surface area contributed by atoms with Gasteiger partial charge in [0.05, 0.1) is 17.9 Å². The molecule has 0 aromatic heterocycles. The predicted molar refractivity (Wildman–Crippen MR) is 116 cm³/mol. The second kappa shape index (κ2) is 6.04. The molecule has 2 aromatic carbocycles. The number of benzene rings is 2. The second-order valence-electron chi connectivity index (χ2n) is 9.62. The number of hydrogen-bond donors (Lipinski definition) is 2. The monoisotopic (exact) mass is 416 g/mol. The van der Waals surface area contributed by atoms with Gasteiger partial charge in [-0.05, 0) is 56.2 Å². The molecule has 3 amide bonds. The summed E-state index contributed by atoms with van der Waals surface area (Å²) in [6.07, 6.45) is 1.83. The molecule has 1 unspecified atom stereocenters. The molecule has 6 rings (SSSR count). The van der Waals surface area contributed by atoms with Gasteiger partial charge in [0, 0.05) is 18.4 Å². The summed E-state index contributed by atoms with van der Waals surface area (Å²) in [5.74, 6) is -1.63. The predicted octanol–water partition coefficient (Wildman–Crippen LogP) is 1.63. The number of imide groups is 1. The molecule has 31 heavy (non-hydrogen) atoms. The Morgan fingerprint density at radius 1 is 1.00 bits per heavy atom. The van der Waals surface area contributed by atoms with Gasteiger partial charge in [0.25, 0.3) is 5.91 Å². The molecule has 3 fully saturated rings. The lowest BCUT2D eigenvalue weighted by Crippen LogP contribution is -3.19. The van der Waals surface area contributed by atoms with Gasteiger partial charge in [-0.2, -0.15) is 0 Å². The van der Waals surface area contributed by atoms with Gasteiger partial charge in [0.15, 0.2) is 0 Å². The van der Waals surface area contributed by atoms with E-state index in [9.17, 15) is 14.4 Å². The third kappa shape index (κ3) is 2.13. The molecule has 4 heterocycles. The van der Waals surface area contributed by atoms with Crippen molar-refractivity contribution in [1.29, 1.82) is 0 Å². The number of quaternary nitrogens is 1. The van der Waals surface area contributed by atoms with Gasteiger partial charge < -0.3 is 10.2 Å². The molecule has 0 aliphatic carbocycles. The highest BCUT2D eigenvalue weighted by atomic mass is 16.2. The zero-order valence-electron chi connectivity index (χ0n) is 18.0. The number of aryl methyl sites for hydroxylation is 3. The minimum Gasteiger partial charge on any atom is -0.320 e. The van der Waals surface area contributed by atoms with Crippen molar-refractivity contribution in [2.24, 2.45) is 11.8 Å². The van der Waals surface area contributed by atoms with E-state index in [1.807, 2.05) is 57.2 Å². The maximum absolute atomic E-state index is 13.9. The Morgan fingerprint density at radius 2 is 1.81 bits per heavy atom. The smallest absolute Gasteiger partial charge is 0.291 e. The number of carbonyl (C=O) groups excluding carboxylic acids is 3. The molecule has 0 saturated carbocycles. The van der Waals surface area contributed by atoms with Crippen LogP contribution in [0, 0.1) is 32.6 Å². The normalized spacial score (nSPS) is 33.1. The first-order valence-electron chi connectivity index (χ1n) is 11.1. The van der Waals surface area contributed by atoms with Crippen molar-refractivity contribution in [2.45, 2.75) is 45.2 Å². The average molecular weight is 417 g/mol. The van der Waals surface area contributed by atoms with E-state index in [2.05, 4.69) is 5.32 Å². The summed E-state index contributed by atoms with van der Waals surface area (Å²) >= 11 is 0. The van der Waals surface area contributed by atoms with Crippen molar-refractivity contribution in [3.63, 3.8) is 0 Å². The molecule has 5 atom stereocenters. The third-order valence-electron chi connectivity index (χ3n) is 8.12. The summed E-state index contributed by atoms with van der Waals surface area (Å²) in [4.78, 5) is 43.8. The van der Waals surface area contributed by atoms with Crippen LogP contribution in [-0.2, 0) is 19.9 Å². The molecule has 4 aliphatic rings. The van der Waals surface area contributed by atoms with E-state index in [1.54, 1.807) is 0 Å². The van der Waals surface area contributed by atoms with E-state index in [1.165, 1.54) is 4.90 Å². The maximum Gasteiger partial charge on any atom is 0.291 e. The number of amides is 3. The van der Waals surface area contributed by atoms with Gasteiger partial charge in [-0.25, -0.2) is 4.90 Å². The average Bonchev–Trinajstić information content (AvgIpc) is 3.43. The molecule has 3 saturated heterocycles. The Morgan fingerprint density at radius 3 is 2.58 bits per heavy atom. The molecular weight excluding hydrogens is 390 g/mol. The number of anilines is 2. The second-order valence-corrected chi connectivity index (χ2v) is 9.62. The molecule has 4 aliphatic heterocycles. The van der Waals surface area contributed by atoms with Crippen LogP contribution in [0.5, 0.6) is 0 Å². The number of nitrogens with one attached hydrogen (secondary N) is 2. The van der Waals surface area contributed by atoms with Gasteiger partial charge in [-0.1, -0.05) is 17.7 Å². The van der Waals surface area contributed by atoms with Crippen LogP contribution in [0.2, 0.25) is 0 Å². The SMILES string of the molecule is Cc1ccc2c(c1)[C@@]1(C(=O)N2)[C@@H]2C(=O)N(c3ccc(C)c(C)c3)C(=O)[C@@H]2[C@@H]2CCC[NH+]21. The van der Waals surface area contributed by atoms with Crippen LogP contribution in [0.15, 0.2) is 36.4 Å². The summed E-state index contributed by atoms with van der Waals surface area (Å²) in [6.45, 7) is 6.81. The fourth-order valence-corrected chi connectivity index (χ4v) is 6.69. The van der Waals surface area contributed by atoms with E-state index >= 15 is 0 Å². The van der Waals surface area contributed by atoms with Gasteiger partial charge in [0.1, 0.15) is 17.9 Å². The van der Waals surface area contributed by atoms with Crippen LogP contribution in [0.1, 0.15) is 35.1 Å². The Labute approximate surface area is 181 Å². The molecule has 0 bridgehead atoms. The van der Waals surface area contributed by atoms with Crippen LogP contribution in [0.25, 0.3) is 0 Å². The molecule has 1 spiro atoms. The lowest BCUT2D eigenvalue weighted by atomic mass is 9.75. The first kappa shape index (κ1) is 18.8. The number of fused-ring (bicyclic) bond motifs is 7. The zero-order valence-corrected chi connectivity index (χ0v) is 18.0. The fourth-order valence-electron chi connectivity index (χ4n) is 6.69. The number of hydrogen-bond acceptors (Lipinski definition) is 3. The van der Waals surface area contributed by atoms with E-state index in [-0.39, 0.29) is 23.8 Å². The molecule has 2 aromatic rings. The minimum absolute atomic E-state index is 0.00444. The standard InChI is InChI=1S/C25H25N3O3/c1-13-6-9-18-17(11-13)25(24(31)26-18)21-20(19-5-4-10-27(19)25)22(29)28(23(21)30)16-8-7-14(2)15(3)12-16/h6-9,11-12,19-21H,4-5,10H2,1-3H3,(H,26,31)/p+1/t19-,20+,21-,25-/m0/s1. The summed E-state index contributed by atoms with van der Waals surface area (Å²) in [6, 6.07) is 11.6. The minimum atomic E-state index is -1.02.